The summed E-state index contributed by atoms with van der Waals surface area (Å²) < 4.78 is 25.9. The topological polar surface area (TPSA) is 66.5 Å². The number of nitrogens with one attached hydrogen (secondary N) is 1. The molecule has 3 rings (SSSR count). The Morgan fingerprint density at radius 2 is 1.78 bits per heavy atom. The number of fused-ring (bicyclic) bond motifs is 1. The fraction of sp³-hybridized carbons (Fsp3) is 0.150. The summed E-state index contributed by atoms with van der Waals surface area (Å²) in [6.45, 7) is 1.50. The number of hydrogen-bond acceptors (Lipinski definition) is 3. The molecule has 0 aliphatic heterocycles. The van der Waals surface area contributed by atoms with E-state index in [2.05, 4.69) is 5.32 Å². The van der Waals surface area contributed by atoms with Gasteiger partial charge in [0.2, 0.25) is 15.9 Å². The largest absolute Gasteiger partial charge is 0.324 e. The Balaban J connectivity index is 1.94. The third-order valence-electron chi connectivity index (χ3n) is 4.20. The predicted molar refractivity (Wildman–Crippen MR) is 111 cm³/mol. The van der Waals surface area contributed by atoms with Crippen molar-refractivity contribution in [1.29, 1.82) is 0 Å². The summed E-state index contributed by atoms with van der Waals surface area (Å²) in [7, 11) is -3.67. The van der Waals surface area contributed by atoms with Crippen LogP contribution in [0.2, 0.25) is 5.02 Å². The smallest absolute Gasteiger partial charge is 0.245 e. The van der Waals surface area contributed by atoms with Crippen molar-refractivity contribution in [2.24, 2.45) is 0 Å². The number of benzene rings is 3. The Hall–Kier alpha value is -2.57. The lowest BCUT2D eigenvalue weighted by atomic mass is 10.1. The lowest BCUT2D eigenvalue weighted by Gasteiger charge is -2.23. The maximum absolute atomic E-state index is 12.6. The molecule has 0 aromatic heterocycles. The Bertz CT molecular complexity index is 1110. The molecular weight excluding hydrogens is 384 g/mol. The van der Waals surface area contributed by atoms with Gasteiger partial charge in [0, 0.05) is 16.1 Å². The van der Waals surface area contributed by atoms with Crippen molar-refractivity contribution < 1.29 is 13.2 Å². The van der Waals surface area contributed by atoms with Crippen LogP contribution in [0.3, 0.4) is 0 Å². The highest BCUT2D eigenvalue weighted by molar-refractivity contribution is 7.92. The third kappa shape index (κ3) is 4.40. The van der Waals surface area contributed by atoms with Crippen LogP contribution in [0.15, 0.2) is 60.7 Å². The van der Waals surface area contributed by atoms with Gasteiger partial charge in [-0.3, -0.25) is 9.10 Å². The van der Waals surface area contributed by atoms with Gasteiger partial charge in [0.15, 0.2) is 0 Å². The number of aryl methyl sites for hydroxylation is 1. The van der Waals surface area contributed by atoms with Crippen LogP contribution in [-0.4, -0.2) is 27.1 Å². The lowest BCUT2D eigenvalue weighted by Crippen LogP contribution is -2.37. The van der Waals surface area contributed by atoms with Gasteiger partial charge in [-0.1, -0.05) is 54.1 Å². The van der Waals surface area contributed by atoms with Gasteiger partial charge in [0.25, 0.3) is 0 Å². The van der Waals surface area contributed by atoms with Crippen LogP contribution in [-0.2, 0) is 14.8 Å². The predicted octanol–water partition coefficient (Wildman–Crippen LogP) is 4.21. The number of carbonyl (C=O) groups excluding carboxylic acids is 1. The van der Waals surface area contributed by atoms with E-state index in [0.29, 0.717) is 16.4 Å². The van der Waals surface area contributed by atoms with Crippen molar-refractivity contribution in [2.45, 2.75) is 6.92 Å². The number of hydrogen-bond donors (Lipinski definition) is 1. The molecule has 0 aliphatic carbocycles. The molecule has 3 aromatic rings. The summed E-state index contributed by atoms with van der Waals surface area (Å²) in [6.07, 6.45) is 1.09. The minimum atomic E-state index is -3.67. The zero-order chi connectivity index (χ0) is 19.6. The maximum Gasteiger partial charge on any atom is 0.245 e. The number of sulfonamides is 1. The first kappa shape index (κ1) is 19.2. The molecule has 1 N–H and O–H groups in total. The van der Waals surface area contributed by atoms with E-state index in [-0.39, 0.29) is 6.54 Å². The molecule has 0 unspecified atom stereocenters. The van der Waals surface area contributed by atoms with E-state index < -0.39 is 15.9 Å². The van der Waals surface area contributed by atoms with Gasteiger partial charge in [-0.15, -0.1) is 0 Å². The number of anilines is 2. The van der Waals surface area contributed by atoms with Crippen LogP contribution in [0.4, 0.5) is 11.4 Å². The average molecular weight is 403 g/mol. The third-order valence-corrected chi connectivity index (χ3v) is 5.56. The van der Waals surface area contributed by atoms with Crippen LogP contribution < -0.4 is 9.62 Å². The minimum Gasteiger partial charge on any atom is -0.324 e. The summed E-state index contributed by atoms with van der Waals surface area (Å²) in [5.74, 6) is -0.446. The number of carbonyl (C=O) groups is 1. The Labute approximate surface area is 163 Å². The molecule has 0 saturated carbocycles. The SMILES string of the molecule is Cc1ccc(Cl)cc1NC(=O)CN(c1cccc2ccccc12)S(C)(=O)=O. The van der Waals surface area contributed by atoms with Gasteiger partial charge >= 0.3 is 0 Å². The van der Waals surface area contributed by atoms with Gasteiger partial charge in [0.05, 0.1) is 11.9 Å². The van der Waals surface area contributed by atoms with E-state index in [4.69, 9.17) is 11.6 Å². The molecule has 0 heterocycles. The number of rotatable bonds is 5. The van der Waals surface area contributed by atoms with Crippen molar-refractivity contribution in [2.75, 3.05) is 22.4 Å². The summed E-state index contributed by atoms with van der Waals surface area (Å²) >= 11 is 5.98. The van der Waals surface area contributed by atoms with Gasteiger partial charge < -0.3 is 5.32 Å². The van der Waals surface area contributed by atoms with Crippen LogP contribution in [0.25, 0.3) is 10.8 Å². The van der Waals surface area contributed by atoms with Gasteiger partial charge in [-0.2, -0.15) is 0 Å². The molecule has 0 saturated heterocycles. The van der Waals surface area contributed by atoms with Crippen LogP contribution >= 0.6 is 11.6 Å². The first-order chi connectivity index (χ1) is 12.8. The molecule has 0 spiro atoms. The quantitative estimate of drug-likeness (QED) is 0.695. The van der Waals surface area contributed by atoms with E-state index in [1.54, 1.807) is 30.3 Å². The monoisotopic (exact) mass is 402 g/mol. The zero-order valence-corrected chi connectivity index (χ0v) is 16.5. The van der Waals surface area contributed by atoms with Crippen molar-refractivity contribution in [3.05, 3.63) is 71.2 Å². The highest BCUT2D eigenvalue weighted by Crippen LogP contribution is 2.28. The van der Waals surface area contributed by atoms with E-state index in [0.717, 1.165) is 26.9 Å². The average Bonchev–Trinajstić information content (AvgIpc) is 2.61. The molecule has 5 nitrogen and oxygen atoms in total. The summed E-state index contributed by atoms with van der Waals surface area (Å²) in [4.78, 5) is 12.6. The number of halogens is 1. The first-order valence-corrected chi connectivity index (χ1v) is 10.5. The van der Waals surface area contributed by atoms with E-state index in [1.807, 2.05) is 37.3 Å². The Morgan fingerprint density at radius 3 is 2.52 bits per heavy atom. The van der Waals surface area contributed by atoms with E-state index in [1.165, 1.54) is 0 Å². The van der Waals surface area contributed by atoms with Crippen molar-refractivity contribution in [3.8, 4) is 0 Å². The van der Waals surface area contributed by atoms with Gasteiger partial charge in [0.1, 0.15) is 6.54 Å². The van der Waals surface area contributed by atoms with Crippen LogP contribution in [0, 0.1) is 6.92 Å². The molecule has 140 valence electrons. The van der Waals surface area contributed by atoms with Crippen LogP contribution in [0.5, 0.6) is 0 Å². The molecule has 0 radical (unpaired) electrons. The second kappa shape index (κ2) is 7.58. The fourth-order valence-corrected chi connectivity index (χ4v) is 3.90. The Kier molecular flexibility index (Phi) is 5.39. The van der Waals surface area contributed by atoms with Crippen molar-refractivity contribution >= 4 is 49.7 Å². The Morgan fingerprint density at radius 1 is 1.07 bits per heavy atom. The second-order valence-corrected chi connectivity index (χ2v) is 8.62. The van der Waals surface area contributed by atoms with Gasteiger partial charge in [-0.25, -0.2) is 8.42 Å². The molecule has 0 fully saturated rings. The van der Waals surface area contributed by atoms with Crippen molar-refractivity contribution in [1.82, 2.24) is 0 Å². The van der Waals surface area contributed by atoms with Gasteiger partial charge in [-0.05, 0) is 36.1 Å². The first-order valence-electron chi connectivity index (χ1n) is 8.27. The zero-order valence-electron chi connectivity index (χ0n) is 14.9. The summed E-state index contributed by atoms with van der Waals surface area (Å²) in [5.41, 5.74) is 1.86. The molecular formula is C20H19ClN2O3S. The summed E-state index contributed by atoms with van der Waals surface area (Å²) in [5, 5.41) is 4.89. The minimum absolute atomic E-state index is 0.335. The summed E-state index contributed by atoms with van der Waals surface area (Å²) in [6, 6.07) is 18.0. The molecule has 0 aliphatic rings. The lowest BCUT2D eigenvalue weighted by molar-refractivity contribution is -0.114. The molecule has 27 heavy (non-hydrogen) atoms. The number of nitrogens with zero attached hydrogens (tertiary/aromatic N) is 1. The molecule has 1 amide bonds. The number of amides is 1. The highest BCUT2D eigenvalue weighted by Gasteiger charge is 2.22. The molecule has 7 heteroatoms. The molecule has 0 atom stereocenters. The fourth-order valence-electron chi connectivity index (χ4n) is 2.86. The molecule has 0 bridgehead atoms. The van der Waals surface area contributed by atoms with E-state index >= 15 is 0 Å². The second-order valence-electron chi connectivity index (χ2n) is 6.28. The normalized spacial score (nSPS) is 11.4. The van der Waals surface area contributed by atoms with Crippen molar-refractivity contribution in [3.63, 3.8) is 0 Å². The standard InChI is InChI=1S/C20H19ClN2O3S/c1-14-10-11-16(21)12-18(14)22-20(24)13-23(27(2,25)26)19-9-5-7-15-6-3-4-8-17(15)19/h3-12H,13H2,1-2H3,(H,22,24). The maximum atomic E-state index is 12.6. The molecule has 3 aromatic carbocycles. The van der Waals surface area contributed by atoms with E-state index in [9.17, 15) is 13.2 Å². The highest BCUT2D eigenvalue weighted by atomic mass is 35.5. The van der Waals surface area contributed by atoms with Crippen LogP contribution in [0.1, 0.15) is 5.56 Å².